The molecule has 3 heteroatoms. The van der Waals surface area contributed by atoms with Crippen molar-refractivity contribution in [1.29, 1.82) is 0 Å². The molecule has 1 nitrogen and oxygen atoms in total. The van der Waals surface area contributed by atoms with Crippen molar-refractivity contribution in [2.75, 3.05) is 5.32 Å². The second-order valence-corrected chi connectivity index (χ2v) is 6.10. The molecular formula is C14H16BrNS. The van der Waals surface area contributed by atoms with Crippen molar-refractivity contribution >= 4 is 33.0 Å². The van der Waals surface area contributed by atoms with Crippen LogP contribution in [0.3, 0.4) is 0 Å². The quantitative estimate of drug-likeness (QED) is 0.811. The molecule has 0 saturated carbocycles. The first kappa shape index (κ1) is 12.7. The van der Waals surface area contributed by atoms with Crippen molar-refractivity contribution in [3.05, 3.63) is 50.1 Å². The predicted octanol–water partition coefficient (Wildman–Crippen LogP) is 5.30. The molecule has 0 aliphatic rings. The van der Waals surface area contributed by atoms with Crippen LogP contribution in [0.5, 0.6) is 0 Å². The first-order valence-electron chi connectivity index (χ1n) is 5.64. The van der Waals surface area contributed by atoms with E-state index in [0.29, 0.717) is 6.04 Å². The van der Waals surface area contributed by atoms with Crippen molar-refractivity contribution in [3.63, 3.8) is 0 Å². The molecule has 2 aromatic rings. The number of halogens is 1. The molecule has 1 unspecified atom stereocenters. The highest BCUT2D eigenvalue weighted by Gasteiger charge is 2.09. The van der Waals surface area contributed by atoms with Gasteiger partial charge in [-0.25, -0.2) is 0 Å². The molecule has 17 heavy (non-hydrogen) atoms. The molecule has 90 valence electrons. The van der Waals surface area contributed by atoms with E-state index in [-0.39, 0.29) is 0 Å². The molecule has 1 aromatic heterocycles. The molecule has 0 radical (unpaired) electrons. The molecule has 0 fully saturated rings. The van der Waals surface area contributed by atoms with Gasteiger partial charge in [-0.2, -0.15) is 0 Å². The van der Waals surface area contributed by atoms with Crippen molar-refractivity contribution < 1.29 is 0 Å². The summed E-state index contributed by atoms with van der Waals surface area (Å²) in [4.78, 5) is 1.41. The molecule has 0 amide bonds. The van der Waals surface area contributed by atoms with Crippen LogP contribution in [0.2, 0.25) is 0 Å². The number of rotatable bonds is 3. The Morgan fingerprint density at radius 1 is 1.18 bits per heavy atom. The van der Waals surface area contributed by atoms with Gasteiger partial charge in [-0.1, -0.05) is 15.9 Å². The van der Waals surface area contributed by atoms with E-state index in [1.807, 2.05) is 11.3 Å². The number of hydrogen-bond donors (Lipinski definition) is 1. The molecule has 2 rings (SSSR count). The van der Waals surface area contributed by atoms with Crippen molar-refractivity contribution in [2.45, 2.75) is 26.8 Å². The fourth-order valence-corrected chi connectivity index (χ4v) is 3.06. The molecule has 0 aliphatic heterocycles. The summed E-state index contributed by atoms with van der Waals surface area (Å²) >= 11 is 5.33. The van der Waals surface area contributed by atoms with E-state index in [4.69, 9.17) is 0 Å². The number of benzene rings is 1. The van der Waals surface area contributed by atoms with Gasteiger partial charge in [0.25, 0.3) is 0 Å². The number of hydrogen-bond acceptors (Lipinski definition) is 2. The highest BCUT2D eigenvalue weighted by Crippen LogP contribution is 2.28. The monoisotopic (exact) mass is 309 g/mol. The molecule has 1 N–H and O–H groups in total. The van der Waals surface area contributed by atoms with Gasteiger partial charge in [-0.3, -0.25) is 0 Å². The van der Waals surface area contributed by atoms with Crippen molar-refractivity contribution in [1.82, 2.24) is 0 Å². The fourth-order valence-electron chi connectivity index (χ4n) is 1.88. The summed E-state index contributed by atoms with van der Waals surface area (Å²) in [6.45, 7) is 6.48. The minimum atomic E-state index is 0.357. The van der Waals surface area contributed by atoms with Crippen LogP contribution in [0, 0.1) is 13.8 Å². The van der Waals surface area contributed by atoms with Gasteiger partial charge in [-0.05, 0) is 61.5 Å². The fraction of sp³-hybridized carbons (Fsp3) is 0.286. The van der Waals surface area contributed by atoms with E-state index in [0.717, 1.165) is 4.47 Å². The summed E-state index contributed by atoms with van der Waals surface area (Å²) in [5.41, 5.74) is 3.79. The number of aryl methyl sites for hydroxylation is 2. The Hall–Kier alpha value is -0.800. The third kappa shape index (κ3) is 2.90. The van der Waals surface area contributed by atoms with Gasteiger partial charge in [-0.15, -0.1) is 11.3 Å². The van der Waals surface area contributed by atoms with Crippen LogP contribution in [0.25, 0.3) is 0 Å². The Labute approximate surface area is 115 Å². The van der Waals surface area contributed by atoms with Crippen molar-refractivity contribution in [2.24, 2.45) is 0 Å². The summed E-state index contributed by atoms with van der Waals surface area (Å²) in [6, 6.07) is 8.90. The van der Waals surface area contributed by atoms with E-state index in [1.54, 1.807) is 0 Å². The maximum absolute atomic E-state index is 3.54. The van der Waals surface area contributed by atoms with Crippen LogP contribution in [0.4, 0.5) is 5.69 Å². The van der Waals surface area contributed by atoms with Crippen LogP contribution in [-0.2, 0) is 0 Å². The molecule has 1 atom stereocenters. The van der Waals surface area contributed by atoms with Crippen LogP contribution < -0.4 is 5.32 Å². The van der Waals surface area contributed by atoms with Gasteiger partial charge in [0, 0.05) is 15.0 Å². The number of anilines is 1. The summed E-state index contributed by atoms with van der Waals surface area (Å²) < 4.78 is 1.16. The standard InChI is InChI=1S/C14H16BrNS/c1-9-6-7-17-14(9)11(3)16-12-4-5-13(15)10(2)8-12/h4-8,11,16H,1-3H3. The first-order valence-corrected chi connectivity index (χ1v) is 7.32. The van der Waals surface area contributed by atoms with E-state index in [1.165, 1.54) is 21.7 Å². The second-order valence-electron chi connectivity index (χ2n) is 4.30. The van der Waals surface area contributed by atoms with Crippen LogP contribution in [-0.4, -0.2) is 0 Å². The Bertz CT molecular complexity index is 519. The predicted molar refractivity (Wildman–Crippen MR) is 80.0 cm³/mol. The van der Waals surface area contributed by atoms with Crippen LogP contribution in [0.1, 0.15) is 29.0 Å². The van der Waals surface area contributed by atoms with E-state index in [9.17, 15) is 0 Å². The zero-order valence-corrected chi connectivity index (χ0v) is 12.7. The number of thiophene rings is 1. The third-order valence-electron chi connectivity index (χ3n) is 2.84. The van der Waals surface area contributed by atoms with E-state index < -0.39 is 0 Å². The lowest BCUT2D eigenvalue weighted by atomic mass is 10.1. The molecule has 0 bridgehead atoms. The van der Waals surface area contributed by atoms with Gasteiger partial charge < -0.3 is 5.32 Å². The smallest absolute Gasteiger partial charge is 0.0581 e. The molecule has 1 aromatic carbocycles. The Morgan fingerprint density at radius 2 is 1.94 bits per heavy atom. The van der Waals surface area contributed by atoms with Crippen LogP contribution in [0.15, 0.2) is 34.1 Å². The highest BCUT2D eigenvalue weighted by atomic mass is 79.9. The van der Waals surface area contributed by atoms with E-state index in [2.05, 4.69) is 71.7 Å². The van der Waals surface area contributed by atoms with Gasteiger partial charge in [0.2, 0.25) is 0 Å². The number of nitrogens with one attached hydrogen (secondary N) is 1. The van der Waals surface area contributed by atoms with Gasteiger partial charge >= 0.3 is 0 Å². The minimum Gasteiger partial charge on any atom is -0.378 e. The van der Waals surface area contributed by atoms with Gasteiger partial charge in [0.05, 0.1) is 6.04 Å². The minimum absolute atomic E-state index is 0.357. The topological polar surface area (TPSA) is 12.0 Å². The largest absolute Gasteiger partial charge is 0.378 e. The molecule has 0 aliphatic carbocycles. The maximum atomic E-state index is 3.54. The van der Waals surface area contributed by atoms with Gasteiger partial charge in [0.15, 0.2) is 0 Å². The summed E-state index contributed by atoms with van der Waals surface area (Å²) in [6.07, 6.45) is 0. The molecule has 0 spiro atoms. The normalized spacial score (nSPS) is 12.5. The van der Waals surface area contributed by atoms with E-state index >= 15 is 0 Å². The SMILES string of the molecule is Cc1cc(NC(C)c2sccc2C)ccc1Br. The molecule has 1 heterocycles. The molecular weight excluding hydrogens is 294 g/mol. The van der Waals surface area contributed by atoms with Gasteiger partial charge in [0.1, 0.15) is 0 Å². The zero-order chi connectivity index (χ0) is 12.4. The molecule has 0 saturated heterocycles. The summed E-state index contributed by atoms with van der Waals surface area (Å²) in [5.74, 6) is 0. The summed E-state index contributed by atoms with van der Waals surface area (Å²) in [7, 11) is 0. The van der Waals surface area contributed by atoms with Crippen molar-refractivity contribution in [3.8, 4) is 0 Å². The Morgan fingerprint density at radius 3 is 2.53 bits per heavy atom. The van der Waals surface area contributed by atoms with Crippen LogP contribution >= 0.6 is 27.3 Å². The average Bonchev–Trinajstić information content (AvgIpc) is 2.70. The Kier molecular flexibility index (Phi) is 3.89. The lowest BCUT2D eigenvalue weighted by molar-refractivity contribution is 0.898. The highest BCUT2D eigenvalue weighted by molar-refractivity contribution is 9.10. The first-order chi connectivity index (χ1) is 8.08. The lowest BCUT2D eigenvalue weighted by Gasteiger charge is -2.15. The second kappa shape index (κ2) is 5.23. The maximum Gasteiger partial charge on any atom is 0.0581 e. The lowest BCUT2D eigenvalue weighted by Crippen LogP contribution is -2.06. The third-order valence-corrected chi connectivity index (χ3v) is 4.93. The Balaban J connectivity index is 2.16. The summed E-state index contributed by atoms with van der Waals surface area (Å²) in [5, 5.41) is 5.69. The average molecular weight is 310 g/mol. The zero-order valence-electron chi connectivity index (χ0n) is 10.3.